The Balaban J connectivity index is 1.68. The smallest absolute Gasteiger partial charge is 0.174 e. The van der Waals surface area contributed by atoms with Crippen LogP contribution in [0.3, 0.4) is 0 Å². The highest BCUT2D eigenvalue weighted by molar-refractivity contribution is 9.10. The van der Waals surface area contributed by atoms with Gasteiger partial charge >= 0.3 is 0 Å². The van der Waals surface area contributed by atoms with Crippen LogP contribution in [0.2, 0.25) is 0 Å². The minimum Gasteiger partial charge on any atom is -0.351 e. The molecule has 4 aromatic rings. The van der Waals surface area contributed by atoms with E-state index in [1.54, 1.807) is 0 Å². The fourth-order valence-electron chi connectivity index (χ4n) is 4.09. The largest absolute Gasteiger partial charge is 0.351 e. The van der Waals surface area contributed by atoms with Crippen LogP contribution in [0.15, 0.2) is 89.9 Å². The van der Waals surface area contributed by atoms with Gasteiger partial charge in [0.05, 0.1) is 11.7 Å². The van der Waals surface area contributed by atoms with E-state index >= 15 is 0 Å². The first-order chi connectivity index (χ1) is 15.1. The summed E-state index contributed by atoms with van der Waals surface area (Å²) in [5.74, 6) is 0. The molecule has 1 saturated heterocycles. The first kappa shape index (κ1) is 19.9. The molecule has 0 bridgehead atoms. The third kappa shape index (κ3) is 3.64. The monoisotopic (exact) mass is 489 g/mol. The average Bonchev–Trinajstić information content (AvgIpc) is 3.41. The molecule has 1 aliphatic rings. The van der Waals surface area contributed by atoms with E-state index in [1.165, 1.54) is 0 Å². The Bertz CT molecular complexity index is 1230. The average molecular weight is 490 g/mol. The number of rotatable bonds is 4. The molecule has 1 N–H and O–H groups in total. The SMILES string of the molecule is Cc1cc(N2C(=S)N[C@@H](c3ccccn3)[C@@H]2c2cccn2-c2ccncc2)ccc1Br. The lowest BCUT2D eigenvalue weighted by molar-refractivity contribution is 0.549. The van der Waals surface area contributed by atoms with E-state index in [0.717, 1.165) is 32.8 Å². The maximum Gasteiger partial charge on any atom is 0.174 e. The van der Waals surface area contributed by atoms with Crippen LogP contribution in [-0.2, 0) is 0 Å². The minimum absolute atomic E-state index is 0.0776. The maximum absolute atomic E-state index is 5.84. The highest BCUT2D eigenvalue weighted by Crippen LogP contribution is 2.42. The third-order valence-corrected chi connectivity index (χ3v) is 6.75. The van der Waals surface area contributed by atoms with Crippen molar-refractivity contribution in [3.63, 3.8) is 0 Å². The van der Waals surface area contributed by atoms with Gasteiger partial charge in [-0.25, -0.2) is 0 Å². The molecule has 0 spiro atoms. The van der Waals surface area contributed by atoms with Gasteiger partial charge in [-0.2, -0.15) is 0 Å². The van der Waals surface area contributed by atoms with Crippen LogP contribution in [0.1, 0.15) is 29.0 Å². The molecule has 0 radical (unpaired) electrons. The van der Waals surface area contributed by atoms with E-state index in [9.17, 15) is 0 Å². The Labute approximate surface area is 194 Å². The molecule has 5 nitrogen and oxygen atoms in total. The number of nitrogens with zero attached hydrogens (tertiary/aromatic N) is 4. The van der Waals surface area contributed by atoms with Crippen LogP contribution in [0, 0.1) is 6.92 Å². The summed E-state index contributed by atoms with van der Waals surface area (Å²) < 4.78 is 3.27. The first-order valence-electron chi connectivity index (χ1n) is 9.98. The van der Waals surface area contributed by atoms with Crippen molar-refractivity contribution in [2.24, 2.45) is 0 Å². The molecule has 2 atom stereocenters. The van der Waals surface area contributed by atoms with Gasteiger partial charge in [-0.1, -0.05) is 22.0 Å². The van der Waals surface area contributed by atoms with Crippen molar-refractivity contribution in [1.29, 1.82) is 0 Å². The number of pyridine rings is 2. The Hall–Kier alpha value is -3.03. The number of benzene rings is 1. The lowest BCUT2D eigenvalue weighted by Crippen LogP contribution is -2.30. The maximum atomic E-state index is 5.84. The zero-order chi connectivity index (χ0) is 21.4. The highest BCUT2D eigenvalue weighted by atomic mass is 79.9. The molecule has 4 heterocycles. The zero-order valence-corrected chi connectivity index (χ0v) is 19.2. The van der Waals surface area contributed by atoms with Gasteiger partial charge < -0.3 is 14.8 Å². The number of nitrogens with one attached hydrogen (secondary N) is 1. The van der Waals surface area contributed by atoms with Gasteiger partial charge in [-0.15, -0.1) is 0 Å². The van der Waals surface area contributed by atoms with E-state index < -0.39 is 0 Å². The molecule has 0 amide bonds. The molecule has 31 heavy (non-hydrogen) atoms. The third-order valence-electron chi connectivity index (χ3n) is 5.54. The lowest BCUT2D eigenvalue weighted by atomic mass is 10.0. The number of hydrogen-bond donors (Lipinski definition) is 1. The second-order valence-corrected chi connectivity index (χ2v) is 8.68. The Morgan fingerprint density at radius 3 is 2.55 bits per heavy atom. The summed E-state index contributed by atoms with van der Waals surface area (Å²) in [5, 5.41) is 4.21. The van der Waals surface area contributed by atoms with Crippen LogP contribution in [0.25, 0.3) is 5.69 Å². The number of hydrogen-bond acceptors (Lipinski definition) is 3. The van der Waals surface area contributed by atoms with Gasteiger partial charge in [0.15, 0.2) is 5.11 Å². The standard InChI is InChI=1S/C24H20BrN5S/c1-16-15-18(7-8-19(16)25)30-23(22(28-24(30)31)20-5-2-3-11-27-20)21-6-4-14-29(21)17-9-12-26-13-10-17/h2-15,22-23H,1H3,(H,28,31)/t22-,23-/m0/s1. The van der Waals surface area contributed by atoms with E-state index in [4.69, 9.17) is 12.2 Å². The second-order valence-electron chi connectivity index (χ2n) is 7.44. The fourth-order valence-corrected chi connectivity index (χ4v) is 4.68. The topological polar surface area (TPSA) is 46.0 Å². The van der Waals surface area contributed by atoms with Crippen LogP contribution in [-0.4, -0.2) is 19.6 Å². The second kappa shape index (κ2) is 8.24. The summed E-state index contributed by atoms with van der Waals surface area (Å²) in [5.41, 5.74) is 5.33. The van der Waals surface area contributed by atoms with Crippen LogP contribution >= 0.6 is 28.1 Å². The summed E-state index contributed by atoms with van der Waals surface area (Å²) in [7, 11) is 0. The normalized spacial score (nSPS) is 18.3. The molecular formula is C24H20BrN5S. The van der Waals surface area contributed by atoms with Crippen molar-refractivity contribution in [2.45, 2.75) is 19.0 Å². The predicted molar refractivity (Wildman–Crippen MR) is 130 cm³/mol. The highest BCUT2D eigenvalue weighted by Gasteiger charge is 2.42. The molecule has 0 unspecified atom stereocenters. The van der Waals surface area contributed by atoms with E-state index in [2.05, 4.69) is 84.1 Å². The summed E-state index contributed by atoms with van der Waals surface area (Å²) in [4.78, 5) is 11.0. The van der Waals surface area contributed by atoms with Crippen molar-refractivity contribution < 1.29 is 0 Å². The zero-order valence-electron chi connectivity index (χ0n) is 16.8. The molecule has 1 aliphatic heterocycles. The van der Waals surface area contributed by atoms with Crippen molar-refractivity contribution in [2.75, 3.05) is 4.90 Å². The van der Waals surface area contributed by atoms with E-state index in [0.29, 0.717) is 5.11 Å². The van der Waals surface area contributed by atoms with E-state index in [-0.39, 0.29) is 12.1 Å². The van der Waals surface area contributed by atoms with Crippen molar-refractivity contribution in [3.05, 3.63) is 107 Å². The van der Waals surface area contributed by atoms with Crippen LogP contribution in [0.4, 0.5) is 5.69 Å². The molecule has 5 rings (SSSR count). The van der Waals surface area contributed by atoms with Gasteiger partial charge in [0.25, 0.3) is 0 Å². The molecule has 1 aromatic carbocycles. The minimum atomic E-state index is -0.0897. The van der Waals surface area contributed by atoms with Gasteiger partial charge in [0, 0.05) is 46.3 Å². The summed E-state index contributed by atoms with van der Waals surface area (Å²) in [6.07, 6.45) is 7.52. The molecule has 3 aromatic heterocycles. The first-order valence-corrected chi connectivity index (χ1v) is 11.2. The van der Waals surface area contributed by atoms with Gasteiger partial charge in [0.1, 0.15) is 6.04 Å². The Kier molecular flexibility index (Phi) is 5.29. The Morgan fingerprint density at radius 1 is 0.968 bits per heavy atom. The number of thiocarbonyl (C=S) groups is 1. The summed E-state index contributed by atoms with van der Waals surface area (Å²) >= 11 is 9.45. The van der Waals surface area contributed by atoms with Crippen molar-refractivity contribution in [3.8, 4) is 5.69 Å². The number of halogens is 1. The van der Waals surface area contributed by atoms with Crippen LogP contribution in [0.5, 0.6) is 0 Å². The van der Waals surface area contributed by atoms with Gasteiger partial charge in [0.2, 0.25) is 0 Å². The number of anilines is 1. The summed E-state index contributed by atoms with van der Waals surface area (Å²) in [6, 6.07) is 20.4. The van der Waals surface area contributed by atoms with Crippen LogP contribution < -0.4 is 10.2 Å². The van der Waals surface area contributed by atoms with Crippen molar-refractivity contribution >= 4 is 38.9 Å². The molecule has 154 valence electrons. The number of aromatic nitrogens is 3. The quantitative estimate of drug-likeness (QED) is 0.382. The fraction of sp³-hybridized carbons (Fsp3) is 0.125. The van der Waals surface area contributed by atoms with Gasteiger partial charge in [-0.3, -0.25) is 9.97 Å². The number of aryl methyl sites for hydroxylation is 1. The van der Waals surface area contributed by atoms with Crippen molar-refractivity contribution in [1.82, 2.24) is 19.9 Å². The summed E-state index contributed by atoms with van der Waals surface area (Å²) in [6.45, 7) is 2.09. The molecule has 0 aliphatic carbocycles. The molecule has 7 heteroatoms. The molecule has 0 saturated carbocycles. The Morgan fingerprint density at radius 2 is 1.81 bits per heavy atom. The molecular weight excluding hydrogens is 470 g/mol. The predicted octanol–water partition coefficient (Wildman–Crippen LogP) is 5.52. The van der Waals surface area contributed by atoms with E-state index in [1.807, 2.05) is 48.9 Å². The van der Waals surface area contributed by atoms with Gasteiger partial charge in [-0.05, 0) is 79.3 Å². The lowest BCUT2D eigenvalue weighted by Gasteiger charge is -2.29. The molecule has 1 fully saturated rings.